The fourth-order valence-corrected chi connectivity index (χ4v) is 1.93. The summed E-state index contributed by atoms with van der Waals surface area (Å²) in [6.45, 7) is 6.33. The molecule has 3 nitrogen and oxygen atoms in total. The molecule has 1 aromatic carbocycles. The first-order valence-corrected chi connectivity index (χ1v) is 6.59. The number of hydrogen-bond acceptors (Lipinski definition) is 2. The lowest BCUT2D eigenvalue weighted by Crippen LogP contribution is -2.20. The molecule has 0 saturated carbocycles. The Morgan fingerprint density at radius 3 is 2.61 bits per heavy atom. The minimum atomic E-state index is 0.0524. The van der Waals surface area contributed by atoms with E-state index in [2.05, 4.69) is 25.8 Å². The molecule has 0 aliphatic carbocycles. The summed E-state index contributed by atoms with van der Waals surface area (Å²) in [5.74, 6) is 0.764. The number of amidine groups is 1. The van der Waals surface area contributed by atoms with Gasteiger partial charge < -0.3 is 10.6 Å². The van der Waals surface area contributed by atoms with Gasteiger partial charge in [-0.15, -0.1) is 0 Å². The Kier molecular flexibility index (Phi) is 5.63. The van der Waals surface area contributed by atoms with E-state index in [1.54, 1.807) is 6.07 Å². The molecule has 18 heavy (non-hydrogen) atoms. The molecule has 0 fully saturated rings. The summed E-state index contributed by atoms with van der Waals surface area (Å²) < 4.78 is 0. The van der Waals surface area contributed by atoms with Crippen molar-refractivity contribution in [3.63, 3.8) is 0 Å². The van der Waals surface area contributed by atoms with Gasteiger partial charge in [-0.1, -0.05) is 37.6 Å². The number of nitrogen functional groups attached to an aromatic ring is 1. The van der Waals surface area contributed by atoms with Crippen LogP contribution < -0.4 is 5.73 Å². The van der Waals surface area contributed by atoms with Gasteiger partial charge in [-0.2, -0.15) is 0 Å². The summed E-state index contributed by atoms with van der Waals surface area (Å²) in [5.41, 5.74) is 7.18. The van der Waals surface area contributed by atoms with Crippen molar-refractivity contribution in [2.75, 3.05) is 13.6 Å². The molecule has 0 amide bonds. The highest BCUT2D eigenvalue weighted by atomic mass is 35.5. The number of nitrogens with two attached hydrogens (primary N) is 1. The SMILES string of the molecule is CC(C)CCN(C)Cc1ccc(C(=N)N)cc1Cl. The van der Waals surface area contributed by atoms with Crippen LogP contribution in [0.5, 0.6) is 0 Å². The van der Waals surface area contributed by atoms with Crippen molar-refractivity contribution in [3.05, 3.63) is 34.3 Å². The molecule has 3 N–H and O–H groups in total. The largest absolute Gasteiger partial charge is 0.384 e. The van der Waals surface area contributed by atoms with Crippen LogP contribution >= 0.6 is 11.6 Å². The molecule has 100 valence electrons. The van der Waals surface area contributed by atoms with Gasteiger partial charge in [0.25, 0.3) is 0 Å². The normalized spacial score (nSPS) is 11.2. The predicted octanol–water partition coefficient (Wildman–Crippen LogP) is 3.10. The Bertz CT molecular complexity index is 416. The van der Waals surface area contributed by atoms with Gasteiger partial charge in [-0.05, 0) is 37.6 Å². The molecule has 0 aliphatic rings. The molecule has 0 aromatic heterocycles. The highest BCUT2D eigenvalue weighted by Crippen LogP contribution is 2.19. The van der Waals surface area contributed by atoms with Gasteiger partial charge in [0.1, 0.15) is 5.84 Å². The Hall–Kier alpha value is -1.06. The van der Waals surface area contributed by atoms with E-state index in [0.717, 1.165) is 18.7 Å². The van der Waals surface area contributed by atoms with Gasteiger partial charge in [0.15, 0.2) is 0 Å². The van der Waals surface area contributed by atoms with Crippen LogP contribution in [0.4, 0.5) is 0 Å². The first-order valence-electron chi connectivity index (χ1n) is 6.21. The lowest BCUT2D eigenvalue weighted by molar-refractivity contribution is 0.303. The maximum atomic E-state index is 7.37. The van der Waals surface area contributed by atoms with Crippen LogP contribution in [0, 0.1) is 11.3 Å². The van der Waals surface area contributed by atoms with Crippen molar-refractivity contribution in [1.82, 2.24) is 4.90 Å². The van der Waals surface area contributed by atoms with Gasteiger partial charge >= 0.3 is 0 Å². The Balaban J connectivity index is 2.64. The first kappa shape index (κ1) is 15.0. The fourth-order valence-electron chi connectivity index (χ4n) is 1.69. The van der Waals surface area contributed by atoms with Crippen molar-refractivity contribution < 1.29 is 0 Å². The summed E-state index contributed by atoms with van der Waals surface area (Å²) in [7, 11) is 2.09. The second-order valence-corrected chi connectivity index (χ2v) is 5.55. The number of nitrogens with one attached hydrogen (secondary N) is 1. The predicted molar refractivity (Wildman–Crippen MR) is 78.3 cm³/mol. The second kappa shape index (κ2) is 6.76. The monoisotopic (exact) mass is 267 g/mol. The van der Waals surface area contributed by atoms with Gasteiger partial charge in [-0.25, -0.2) is 0 Å². The highest BCUT2D eigenvalue weighted by molar-refractivity contribution is 6.31. The molecule has 0 atom stereocenters. The summed E-state index contributed by atoms with van der Waals surface area (Å²) in [6.07, 6.45) is 1.18. The van der Waals surface area contributed by atoms with Crippen LogP contribution in [0.15, 0.2) is 18.2 Å². The van der Waals surface area contributed by atoms with Gasteiger partial charge in [0, 0.05) is 17.1 Å². The molecule has 0 unspecified atom stereocenters. The number of rotatable bonds is 6. The summed E-state index contributed by atoms with van der Waals surface area (Å²) in [6, 6.07) is 5.56. The first-order chi connectivity index (χ1) is 8.40. The van der Waals surface area contributed by atoms with E-state index < -0.39 is 0 Å². The molecule has 1 rings (SSSR count). The van der Waals surface area contributed by atoms with E-state index in [4.69, 9.17) is 22.7 Å². The van der Waals surface area contributed by atoms with Crippen LogP contribution in [0.25, 0.3) is 0 Å². The minimum absolute atomic E-state index is 0.0524. The Morgan fingerprint density at radius 1 is 1.44 bits per heavy atom. The number of benzene rings is 1. The quantitative estimate of drug-likeness (QED) is 0.615. The van der Waals surface area contributed by atoms with Crippen molar-refractivity contribution in [1.29, 1.82) is 5.41 Å². The highest BCUT2D eigenvalue weighted by Gasteiger charge is 2.07. The van der Waals surface area contributed by atoms with E-state index in [1.165, 1.54) is 6.42 Å². The third-order valence-corrected chi connectivity index (χ3v) is 3.24. The van der Waals surface area contributed by atoms with Crippen LogP contribution in [0.1, 0.15) is 31.4 Å². The number of halogens is 1. The van der Waals surface area contributed by atoms with Crippen LogP contribution in [-0.4, -0.2) is 24.3 Å². The number of hydrogen-bond donors (Lipinski definition) is 2. The maximum absolute atomic E-state index is 7.37. The Morgan fingerprint density at radius 2 is 2.11 bits per heavy atom. The van der Waals surface area contributed by atoms with Crippen molar-refractivity contribution >= 4 is 17.4 Å². The molecule has 0 saturated heterocycles. The molecule has 1 aromatic rings. The lowest BCUT2D eigenvalue weighted by atomic mass is 10.1. The van der Waals surface area contributed by atoms with Crippen LogP contribution in [0.2, 0.25) is 5.02 Å². The third-order valence-electron chi connectivity index (χ3n) is 2.89. The summed E-state index contributed by atoms with van der Waals surface area (Å²) in [4.78, 5) is 2.26. The number of nitrogens with zero attached hydrogens (tertiary/aromatic N) is 1. The van der Waals surface area contributed by atoms with Gasteiger partial charge in [0.2, 0.25) is 0 Å². The zero-order valence-electron chi connectivity index (χ0n) is 11.3. The van der Waals surface area contributed by atoms with Gasteiger partial charge in [0.05, 0.1) is 0 Å². The summed E-state index contributed by atoms with van der Waals surface area (Å²) >= 11 is 6.20. The Labute approximate surface area is 114 Å². The van der Waals surface area contributed by atoms with E-state index in [0.29, 0.717) is 16.5 Å². The zero-order chi connectivity index (χ0) is 13.7. The van der Waals surface area contributed by atoms with E-state index in [9.17, 15) is 0 Å². The molecule has 0 bridgehead atoms. The maximum Gasteiger partial charge on any atom is 0.122 e. The van der Waals surface area contributed by atoms with Crippen LogP contribution in [0.3, 0.4) is 0 Å². The molecular weight excluding hydrogens is 246 g/mol. The summed E-state index contributed by atoms with van der Waals surface area (Å²) in [5, 5.41) is 8.05. The minimum Gasteiger partial charge on any atom is -0.384 e. The standard InChI is InChI=1S/C14H22ClN3/c1-10(2)6-7-18(3)9-12-5-4-11(14(16)17)8-13(12)15/h4-5,8,10H,6-7,9H2,1-3H3,(H3,16,17). The molecule has 0 heterocycles. The molecular formula is C14H22ClN3. The molecule has 4 heteroatoms. The molecule has 0 radical (unpaired) electrons. The van der Waals surface area contributed by atoms with E-state index in [-0.39, 0.29) is 5.84 Å². The van der Waals surface area contributed by atoms with E-state index >= 15 is 0 Å². The van der Waals surface area contributed by atoms with E-state index in [1.807, 2.05) is 12.1 Å². The zero-order valence-corrected chi connectivity index (χ0v) is 12.1. The second-order valence-electron chi connectivity index (χ2n) is 5.14. The average Bonchev–Trinajstić information content (AvgIpc) is 2.29. The van der Waals surface area contributed by atoms with Crippen molar-refractivity contribution in [2.45, 2.75) is 26.8 Å². The molecule has 0 aliphatic heterocycles. The van der Waals surface area contributed by atoms with Crippen molar-refractivity contribution in [3.8, 4) is 0 Å². The third kappa shape index (κ3) is 4.67. The average molecular weight is 268 g/mol. The van der Waals surface area contributed by atoms with Crippen molar-refractivity contribution in [2.24, 2.45) is 11.7 Å². The van der Waals surface area contributed by atoms with Gasteiger partial charge in [-0.3, -0.25) is 5.41 Å². The fraction of sp³-hybridized carbons (Fsp3) is 0.500. The van der Waals surface area contributed by atoms with Crippen LogP contribution in [-0.2, 0) is 6.54 Å². The smallest absolute Gasteiger partial charge is 0.122 e. The lowest BCUT2D eigenvalue weighted by Gasteiger charge is -2.18. The topological polar surface area (TPSA) is 53.1 Å². The molecule has 0 spiro atoms.